The topological polar surface area (TPSA) is 65.0 Å². The van der Waals surface area contributed by atoms with Gasteiger partial charge < -0.3 is 20.1 Å². The smallest absolute Gasteiger partial charge is 0.219 e. The molecule has 1 amide bonds. The van der Waals surface area contributed by atoms with E-state index < -0.39 is 6.10 Å². The van der Waals surface area contributed by atoms with Gasteiger partial charge in [-0.05, 0) is 17.7 Å². The van der Waals surface area contributed by atoms with Crippen LogP contribution >= 0.6 is 0 Å². The van der Waals surface area contributed by atoms with E-state index in [1.54, 1.807) is 19.1 Å². The van der Waals surface area contributed by atoms with Crippen LogP contribution in [0.5, 0.6) is 0 Å². The van der Waals surface area contributed by atoms with Gasteiger partial charge in [-0.15, -0.1) is 0 Å². The van der Waals surface area contributed by atoms with Crippen LogP contribution in [0.3, 0.4) is 0 Å². The number of carbonyl (C=O) groups is 1. The third-order valence-corrected chi connectivity index (χ3v) is 5.02. The number of benzene rings is 1. The van der Waals surface area contributed by atoms with E-state index >= 15 is 0 Å². The van der Waals surface area contributed by atoms with Crippen molar-refractivity contribution in [1.29, 1.82) is 0 Å². The Bertz CT molecular complexity index is 575. The van der Waals surface area contributed by atoms with Crippen LogP contribution in [-0.4, -0.2) is 78.4 Å². The number of hydrogen-bond donors (Lipinski definition) is 2. The highest BCUT2D eigenvalue weighted by Gasteiger charge is 2.37. The van der Waals surface area contributed by atoms with Crippen molar-refractivity contribution in [3.63, 3.8) is 0 Å². The third kappa shape index (κ3) is 4.76. The summed E-state index contributed by atoms with van der Waals surface area (Å²) in [6, 6.07) is 6.20. The Labute approximate surface area is 147 Å². The van der Waals surface area contributed by atoms with Gasteiger partial charge in [-0.2, -0.15) is 0 Å². The molecule has 0 unspecified atom stereocenters. The van der Waals surface area contributed by atoms with E-state index in [9.17, 15) is 14.3 Å². The molecule has 6 nitrogen and oxygen atoms in total. The first-order valence-electron chi connectivity index (χ1n) is 8.78. The first-order chi connectivity index (χ1) is 12.0. The van der Waals surface area contributed by atoms with Crippen molar-refractivity contribution in [3.8, 4) is 0 Å². The Morgan fingerprint density at radius 2 is 1.96 bits per heavy atom. The van der Waals surface area contributed by atoms with Crippen LogP contribution in [-0.2, 0) is 16.1 Å². The molecule has 0 radical (unpaired) electrons. The second-order valence-corrected chi connectivity index (χ2v) is 6.78. The Morgan fingerprint density at radius 3 is 2.60 bits per heavy atom. The highest BCUT2D eigenvalue weighted by molar-refractivity contribution is 5.73. The standard InChI is InChI=1S/C18H26FN3O3/c1-13(23)22-8-6-21(7-9-22)11-17-18(24)16(12-25-17)20-10-14-2-4-15(19)5-3-14/h2-5,16-18,20,24H,6-12H2,1H3/t16-,17-,18+/m0/s1. The molecule has 25 heavy (non-hydrogen) atoms. The summed E-state index contributed by atoms with van der Waals surface area (Å²) in [7, 11) is 0. The highest BCUT2D eigenvalue weighted by atomic mass is 19.1. The molecule has 2 heterocycles. The van der Waals surface area contributed by atoms with Gasteiger partial charge in [0.05, 0.1) is 24.9 Å². The predicted octanol–water partition coefficient (Wildman–Crippen LogP) is 0.208. The number of amides is 1. The maximum absolute atomic E-state index is 12.9. The van der Waals surface area contributed by atoms with E-state index in [1.165, 1.54) is 12.1 Å². The number of rotatable bonds is 5. The fourth-order valence-corrected chi connectivity index (χ4v) is 3.37. The summed E-state index contributed by atoms with van der Waals surface area (Å²) < 4.78 is 18.7. The van der Waals surface area contributed by atoms with E-state index in [4.69, 9.17) is 4.74 Å². The van der Waals surface area contributed by atoms with Crippen LogP contribution < -0.4 is 5.32 Å². The average Bonchev–Trinajstić information content (AvgIpc) is 2.95. The number of halogens is 1. The summed E-state index contributed by atoms with van der Waals surface area (Å²) >= 11 is 0. The molecular formula is C18H26FN3O3. The first kappa shape index (κ1) is 18.3. The fourth-order valence-electron chi connectivity index (χ4n) is 3.37. The Hall–Kier alpha value is -1.54. The van der Waals surface area contributed by atoms with E-state index in [0.717, 1.165) is 31.7 Å². The molecule has 1 aromatic rings. The quantitative estimate of drug-likeness (QED) is 0.794. The molecule has 2 N–H and O–H groups in total. The molecule has 7 heteroatoms. The van der Waals surface area contributed by atoms with Crippen molar-refractivity contribution in [2.24, 2.45) is 0 Å². The molecule has 2 aliphatic heterocycles. The predicted molar refractivity (Wildman–Crippen MR) is 91.5 cm³/mol. The molecule has 3 atom stereocenters. The highest BCUT2D eigenvalue weighted by Crippen LogP contribution is 2.17. The summed E-state index contributed by atoms with van der Waals surface area (Å²) in [6.45, 7) is 6.35. The maximum Gasteiger partial charge on any atom is 0.219 e. The van der Waals surface area contributed by atoms with Crippen molar-refractivity contribution in [2.75, 3.05) is 39.3 Å². The summed E-state index contributed by atoms with van der Waals surface area (Å²) in [5.74, 6) is -0.139. The molecule has 0 bridgehead atoms. The van der Waals surface area contributed by atoms with E-state index in [2.05, 4.69) is 10.2 Å². The molecule has 2 saturated heterocycles. The largest absolute Gasteiger partial charge is 0.389 e. The van der Waals surface area contributed by atoms with Crippen molar-refractivity contribution in [2.45, 2.75) is 31.7 Å². The lowest BCUT2D eigenvalue weighted by Gasteiger charge is -2.35. The molecule has 3 rings (SSSR count). The van der Waals surface area contributed by atoms with Gasteiger partial charge >= 0.3 is 0 Å². The van der Waals surface area contributed by atoms with Crippen LogP contribution in [0.2, 0.25) is 0 Å². The average molecular weight is 351 g/mol. The Balaban J connectivity index is 1.43. The number of nitrogens with zero attached hydrogens (tertiary/aromatic N) is 2. The molecule has 1 aromatic carbocycles. The van der Waals surface area contributed by atoms with Gasteiger partial charge in [-0.3, -0.25) is 9.69 Å². The van der Waals surface area contributed by atoms with Crippen LogP contribution in [0.25, 0.3) is 0 Å². The number of piperazine rings is 1. The van der Waals surface area contributed by atoms with Gasteiger partial charge in [0, 0.05) is 46.2 Å². The minimum absolute atomic E-state index is 0.113. The maximum atomic E-state index is 12.9. The van der Waals surface area contributed by atoms with Gasteiger partial charge in [-0.25, -0.2) is 4.39 Å². The second kappa shape index (κ2) is 8.23. The van der Waals surface area contributed by atoms with Gasteiger partial charge in [0.1, 0.15) is 5.82 Å². The minimum atomic E-state index is -0.578. The number of hydrogen-bond acceptors (Lipinski definition) is 5. The van der Waals surface area contributed by atoms with Gasteiger partial charge in [-0.1, -0.05) is 12.1 Å². The van der Waals surface area contributed by atoms with Crippen LogP contribution in [0.4, 0.5) is 4.39 Å². The van der Waals surface area contributed by atoms with E-state index in [-0.39, 0.29) is 23.9 Å². The summed E-state index contributed by atoms with van der Waals surface area (Å²) in [5, 5.41) is 13.8. The van der Waals surface area contributed by atoms with Crippen molar-refractivity contribution in [3.05, 3.63) is 35.6 Å². The number of aliphatic hydroxyl groups is 1. The van der Waals surface area contributed by atoms with Crippen molar-refractivity contribution < 1.29 is 19.0 Å². The second-order valence-electron chi connectivity index (χ2n) is 6.78. The lowest BCUT2D eigenvalue weighted by atomic mass is 10.1. The molecule has 0 saturated carbocycles. The van der Waals surface area contributed by atoms with Crippen LogP contribution in [0.1, 0.15) is 12.5 Å². The molecule has 0 aromatic heterocycles. The third-order valence-electron chi connectivity index (χ3n) is 5.02. The number of nitrogens with one attached hydrogen (secondary N) is 1. The summed E-state index contributed by atoms with van der Waals surface area (Å²) in [6.07, 6.45) is -0.805. The van der Waals surface area contributed by atoms with E-state index in [1.807, 2.05) is 4.90 Å². The fraction of sp³-hybridized carbons (Fsp3) is 0.611. The molecule has 0 spiro atoms. The molecule has 138 valence electrons. The molecule has 2 fully saturated rings. The lowest BCUT2D eigenvalue weighted by molar-refractivity contribution is -0.130. The van der Waals surface area contributed by atoms with Crippen LogP contribution in [0.15, 0.2) is 24.3 Å². The lowest BCUT2D eigenvalue weighted by Crippen LogP contribution is -2.51. The number of ether oxygens (including phenoxy) is 1. The van der Waals surface area contributed by atoms with Crippen LogP contribution in [0, 0.1) is 5.82 Å². The summed E-state index contributed by atoms with van der Waals surface area (Å²) in [5.41, 5.74) is 0.970. The zero-order valence-corrected chi connectivity index (χ0v) is 14.5. The number of carbonyl (C=O) groups excluding carboxylic acids is 1. The minimum Gasteiger partial charge on any atom is -0.389 e. The van der Waals surface area contributed by atoms with Crippen molar-refractivity contribution in [1.82, 2.24) is 15.1 Å². The van der Waals surface area contributed by atoms with Gasteiger partial charge in [0.15, 0.2) is 0 Å². The molecule has 0 aliphatic carbocycles. The van der Waals surface area contributed by atoms with Gasteiger partial charge in [0.2, 0.25) is 5.91 Å². The zero-order chi connectivity index (χ0) is 17.8. The molecule has 2 aliphatic rings. The van der Waals surface area contributed by atoms with Gasteiger partial charge in [0.25, 0.3) is 0 Å². The van der Waals surface area contributed by atoms with E-state index in [0.29, 0.717) is 19.7 Å². The Morgan fingerprint density at radius 1 is 1.28 bits per heavy atom. The zero-order valence-electron chi connectivity index (χ0n) is 14.5. The monoisotopic (exact) mass is 351 g/mol. The Kier molecular flexibility index (Phi) is 6.01. The molecular weight excluding hydrogens is 325 g/mol. The SMILES string of the molecule is CC(=O)N1CCN(C[C@@H]2OC[C@H](NCc3ccc(F)cc3)[C@H]2O)CC1. The first-order valence-corrected chi connectivity index (χ1v) is 8.78. The number of aliphatic hydroxyl groups excluding tert-OH is 1. The normalized spacial score (nSPS) is 27.6. The summed E-state index contributed by atoms with van der Waals surface area (Å²) in [4.78, 5) is 15.4. The van der Waals surface area contributed by atoms with Crippen molar-refractivity contribution >= 4 is 5.91 Å².